The van der Waals surface area contributed by atoms with Gasteiger partial charge in [-0.3, -0.25) is 9.59 Å². The zero-order valence-electron chi connectivity index (χ0n) is 21.7. The van der Waals surface area contributed by atoms with E-state index in [0.29, 0.717) is 5.69 Å². The number of likely N-dealkylation sites (N-methyl/N-ethyl adjacent to an activating group) is 1. The van der Waals surface area contributed by atoms with E-state index in [0.717, 1.165) is 25.3 Å². The molecule has 0 saturated carbocycles. The molecule has 196 valence electrons. The van der Waals surface area contributed by atoms with Gasteiger partial charge in [0.05, 0.1) is 5.69 Å². The molecule has 0 bridgehead atoms. The van der Waals surface area contributed by atoms with Crippen molar-refractivity contribution in [2.45, 2.75) is 25.9 Å². The second kappa shape index (κ2) is 12.5. The maximum Gasteiger partial charge on any atom is 0.304 e. The zero-order chi connectivity index (χ0) is 27.0. The molecule has 3 aromatic carbocycles. The van der Waals surface area contributed by atoms with Crippen LogP contribution in [0.2, 0.25) is 0 Å². The van der Waals surface area contributed by atoms with Gasteiger partial charge in [-0.1, -0.05) is 78.4 Å². The summed E-state index contributed by atoms with van der Waals surface area (Å²) >= 11 is 0. The Morgan fingerprint density at radius 1 is 0.838 bits per heavy atom. The highest BCUT2D eigenvalue weighted by Gasteiger charge is 2.34. The van der Waals surface area contributed by atoms with E-state index < -0.39 is 28.7 Å². The Morgan fingerprint density at radius 2 is 1.41 bits per heavy atom. The first-order chi connectivity index (χ1) is 17.6. The number of hydrogen-bond acceptors (Lipinski definition) is 4. The lowest BCUT2D eigenvalue weighted by molar-refractivity contribution is -0.139. The minimum Gasteiger partial charge on any atom is -0.357 e. The SMILES string of the molecule is CNC(=O)C(Cc1ccccc1)N(Cc1ccc(C)cc1)C(=O)CN(c1ccccc1)S(=O)(=O)N(C)C. The number of hydrogen-bond donors (Lipinski definition) is 1. The molecule has 0 radical (unpaired) electrons. The van der Waals surface area contributed by atoms with Crippen molar-refractivity contribution in [3.05, 3.63) is 102 Å². The number of nitrogens with zero attached hydrogens (tertiary/aromatic N) is 3. The van der Waals surface area contributed by atoms with Crippen LogP contribution >= 0.6 is 0 Å². The molecule has 1 N–H and O–H groups in total. The Hall–Kier alpha value is -3.69. The molecule has 0 aliphatic heterocycles. The second-order valence-corrected chi connectivity index (χ2v) is 11.0. The van der Waals surface area contributed by atoms with Crippen LogP contribution in [0.4, 0.5) is 5.69 Å². The molecule has 1 atom stereocenters. The molecule has 8 nitrogen and oxygen atoms in total. The standard InChI is InChI=1S/C28H34N4O4S/c1-22-15-17-24(18-16-22)20-31(26(28(34)29-2)19-23-11-7-5-8-12-23)27(33)21-32(37(35,36)30(3)4)25-13-9-6-10-14-25/h5-18,26H,19-21H2,1-4H3,(H,29,34). The molecule has 0 aliphatic carbocycles. The minimum absolute atomic E-state index is 0.147. The lowest BCUT2D eigenvalue weighted by Crippen LogP contribution is -2.53. The van der Waals surface area contributed by atoms with Gasteiger partial charge in [0.2, 0.25) is 11.8 Å². The number of aryl methyl sites for hydroxylation is 1. The molecule has 3 aromatic rings. The second-order valence-electron chi connectivity index (χ2n) is 8.96. The molecule has 0 aliphatic rings. The van der Waals surface area contributed by atoms with Gasteiger partial charge in [-0.25, -0.2) is 4.31 Å². The number of amides is 2. The number of anilines is 1. The Morgan fingerprint density at radius 3 is 1.95 bits per heavy atom. The average molecular weight is 523 g/mol. The van der Waals surface area contributed by atoms with Gasteiger partial charge in [-0.15, -0.1) is 0 Å². The topological polar surface area (TPSA) is 90.0 Å². The lowest BCUT2D eigenvalue weighted by atomic mass is 10.0. The summed E-state index contributed by atoms with van der Waals surface area (Å²) in [6.07, 6.45) is 0.282. The van der Waals surface area contributed by atoms with Crippen LogP contribution in [0.5, 0.6) is 0 Å². The first kappa shape index (κ1) is 27.9. The van der Waals surface area contributed by atoms with Crippen molar-refractivity contribution in [3.63, 3.8) is 0 Å². The van der Waals surface area contributed by atoms with Gasteiger partial charge < -0.3 is 10.2 Å². The van der Waals surface area contributed by atoms with Crippen LogP contribution in [-0.4, -0.2) is 63.2 Å². The zero-order valence-corrected chi connectivity index (χ0v) is 22.5. The van der Waals surface area contributed by atoms with Crippen molar-refractivity contribution in [2.24, 2.45) is 0 Å². The molecular formula is C28H34N4O4S. The van der Waals surface area contributed by atoms with Crippen molar-refractivity contribution in [1.82, 2.24) is 14.5 Å². The van der Waals surface area contributed by atoms with Crippen LogP contribution in [0.3, 0.4) is 0 Å². The van der Waals surface area contributed by atoms with E-state index in [-0.39, 0.29) is 18.9 Å². The monoisotopic (exact) mass is 522 g/mol. The first-order valence-corrected chi connectivity index (χ1v) is 13.4. The summed E-state index contributed by atoms with van der Waals surface area (Å²) in [4.78, 5) is 28.5. The molecule has 0 saturated heterocycles. The number of para-hydroxylation sites is 1. The number of carbonyl (C=O) groups excluding carboxylic acids is 2. The summed E-state index contributed by atoms with van der Waals surface area (Å²) in [5.41, 5.74) is 3.15. The predicted octanol–water partition coefficient (Wildman–Crippen LogP) is 2.99. The predicted molar refractivity (Wildman–Crippen MR) is 146 cm³/mol. The fourth-order valence-electron chi connectivity index (χ4n) is 3.92. The number of carbonyl (C=O) groups is 2. The van der Waals surface area contributed by atoms with Crippen LogP contribution in [0.15, 0.2) is 84.9 Å². The molecule has 3 rings (SSSR count). The summed E-state index contributed by atoms with van der Waals surface area (Å²) in [7, 11) is 0.377. The van der Waals surface area contributed by atoms with Crippen LogP contribution in [0.25, 0.3) is 0 Å². The molecular weight excluding hydrogens is 488 g/mol. The maximum atomic E-state index is 13.9. The number of nitrogens with one attached hydrogen (secondary N) is 1. The smallest absolute Gasteiger partial charge is 0.304 e. The normalized spacial score (nSPS) is 12.1. The summed E-state index contributed by atoms with van der Waals surface area (Å²) < 4.78 is 28.6. The highest BCUT2D eigenvalue weighted by atomic mass is 32.2. The summed E-state index contributed by atoms with van der Waals surface area (Å²) in [5.74, 6) is -0.814. The van der Waals surface area contributed by atoms with Gasteiger partial charge in [-0.05, 0) is 30.2 Å². The van der Waals surface area contributed by atoms with Crippen molar-refractivity contribution in [2.75, 3.05) is 32.0 Å². The van der Waals surface area contributed by atoms with E-state index >= 15 is 0 Å². The van der Waals surface area contributed by atoms with Gasteiger partial charge >= 0.3 is 10.2 Å². The first-order valence-electron chi connectivity index (χ1n) is 12.0. The van der Waals surface area contributed by atoms with Gasteiger partial charge in [0.1, 0.15) is 12.6 Å². The third kappa shape index (κ3) is 7.18. The Balaban J connectivity index is 2.04. The van der Waals surface area contributed by atoms with E-state index in [9.17, 15) is 18.0 Å². The van der Waals surface area contributed by atoms with E-state index in [1.165, 1.54) is 26.0 Å². The van der Waals surface area contributed by atoms with Crippen LogP contribution < -0.4 is 9.62 Å². The van der Waals surface area contributed by atoms with Crippen molar-refractivity contribution in [1.29, 1.82) is 0 Å². The molecule has 0 heterocycles. The van der Waals surface area contributed by atoms with Crippen LogP contribution in [0, 0.1) is 6.92 Å². The highest BCUT2D eigenvalue weighted by Crippen LogP contribution is 2.21. The Kier molecular flexibility index (Phi) is 9.43. The van der Waals surface area contributed by atoms with Crippen molar-refractivity contribution >= 4 is 27.7 Å². The Labute approximate surface area is 219 Å². The quantitative estimate of drug-likeness (QED) is 0.419. The summed E-state index contributed by atoms with van der Waals surface area (Å²) in [6, 6.07) is 24.8. The van der Waals surface area contributed by atoms with Crippen LogP contribution in [0.1, 0.15) is 16.7 Å². The molecule has 1 unspecified atom stereocenters. The summed E-state index contributed by atoms with van der Waals surface area (Å²) in [6.45, 7) is 1.66. The molecule has 0 aromatic heterocycles. The van der Waals surface area contributed by atoms with E-state index in [1.807, 2.05) is 61.5 Å². The number of benzene rings is 3. The molecule has 2 amide bonds. The third-order valence-corrected chi connectivity index (χ3v) is 7.87. The largest absolute Gasteiger partial charge is 0.357 e. The van der Waals surface area contributed by atoms with Gasteiger partial charge in [-0.2, -0.15) is 12.7 Å². The number of rotatable bonds is 11. The minimum atomic E-state index is -3.99. The third-order valence-electron chi connectivity index (χ3n) is 6.05. The van der Waals surface area contributed by atoms with Gasteiger partial charge in [0.15, 0.2) is 0 Å². The highest BCUT2D eigenvalue weighted by molar-refractivity contribution is 7.90. The van der Waals surface area contributed by atoms with E-state index in [4.69, 9.17) is 0 Å². The molecule has 37 heavy (non-hydrogen) atoms. The molecule has 0 fully saturated rings. The molecule has 9 heteroatoms. The fraction of sp³-hybridized carbons (Fsp3) is 0.286. The Bertz CT molecular complexity index is 1280. The van der Waals surface area contributed by atoms with Crippen molar-refractivity contribution in [3.8, 4) is 0 Å². The fourth-order valence-corrected chi connectivity index (χ4v) is 4.98. The average Bonchev–Trinajstić information content (AvgIpc) is 2.90. The summed E-state index contributed by atoms with van der Waals surface area (Å²) in [5, 5.41) is 2.68. The lowest BCUT2D eigenvalue weighted by Gasteiger charge is -2.34. The molecule has 0 spiro atoms. The van der Waals surface area contributed by atoms with Gasteiger partial charge in [0.25, 0.3) is 0 Å². The van der Waals surface area contributed by atoms with Gasteiger partial charge in [0, 0.05) is 34.1 Å². The van der Waals surface area contributed by atoms with E-state index in [2.05, 4.69) is 5.32 Å². The van der Waals surface area contributed by atoms with Crippen LogP contribution in [-0.2, 0) is 32.8 Å². The van der Waals surface area contributed by atoms with E-state index in [1.54, 1.807) is 30.3 Å². The van der Waals surface area contributed by atoms with Crippen molar-refractivity contribution < 1.29 is 18.0 Å². The maximum absolute atomic E-state index is 13.9.